The first-order valence-electron chi connectivity index (χ1n) is 7.57. The number of nitrogens with one attached hydrogen (secondary N) is 1. The van der Waals surface area contributed by atoms with Gasteiger partial charge in [0.1, 0.15) is 5.41 Å². The number of anilines is 1. The summed E-state index contributed by atoms with van der Waals surface area (Å²) >= 11 is 5.98. The Morgan fingerprint density at radius 3 is 2.24 bits per heavy atom. The van der Waals surface area contributed by atoms with Gasteiger partial charge < -0.3 is 5.32 Å². The molecular formula is C20H11ClF2NO. The second-order valence-corrected chi connectivity index (χ2v) is 6.22. The molecule has 0 saturated carbocycles. The molecule has 25 heavy (non-hydrogen) atoms. The van der Waals surface area contributed by atoms with Crippen molar-refractivity contribution in [1.29, 1.82) is 0 Å². The van der Waals surface area contributed by atoms with Gasteiger partial charge in [-0.2, -0.15) is 0 Å². The van der Waals surface area contributed by atoms with Crippen LogP contribution in [-0.2, 0) is 10.2 Å². The predicted octanol–water partition coefficient (Wildman–Crippen LogP) is 4.70. The lowest BCUT2D eigenvalue weighted by Gasteiger charge is -2.29. The lowest BCUT2D eigenvalue weighted by molar-refractivity contribution is -0.118. The van der Waals surface area contributed by atoms with Gasteiger partial charge in [-0.15, -0.1) is 0 Å². The standard InChI is InChI=1S/C20H11ClF2NO/c21-14-8-6-13(7-9-14)20(12-4-2-1-3-5-12)15-10-11-16(22)17(23)18(15)24-19(20)25/h2-11H,(H,24,25). The first kappa shape index (κ1) is 15.8. The van der Waals surface area contributed by atoms with Gasteiger partial charge in [-0.1, -0.05) is 54.1 Å². The molecule has 0 spiro atoms. The minimum atomic E-state index is -1.29. The molecule has 5 heteroatoms. The Bertz CT molecular complexity index is 973. The van der Waals surface area contributed by atoms with Gasteiger partial charge in [-0.3, -0.25) is 4.79 Å². The molecule has 1 unspecified atom stereocenters. The van der Waals surface area contributed by atoms with E-state index < -0.39 is 23.0 Å². The molecule has 0 aliphatic carbocycles. The highest BCUT2D eigenvalue weighted by atomic mass is 35.5. The highest BCUT2D eigenvalue weighted by Crippen LogP contribution is 2.48. The van der Waals surface area contributed by atoms with Gasteiger partial charge in [0.15, 0.2) is 11.6 Å². The van der Waals surface area contributed by atoms with Crippen molar-refractivity contribution >= 4 is 23.2 Å². The quantitative estimate of drug-likeness (QED) is 0.709. The summed E-state index contributed by atoms with van der Waals surface area (Å²) in [4.78, 5) is 13.1. The summed E-state index contributed by atoms with van der Waals surface area (Å²) in [6.07, 6.45) is 0. The van der Waals surface area contributed by atoms with Crippen LogP contribution in [0.15, 0.2) is 60.7 Å². The van der Waals surface area contributed by atoms with Crippen molar-refractivity contribution in [3.8, 4) is 0 Å². The van der Waals surface area contributed by atoms with E-state index in [4.69, 9.17) is 11.6 Å². The molecule has 1 aliphatic rings. The summed E-state index contributed by atoms with van der Waals surface area (Å²) in [6, 6.07) is 19.0. The molecule has 1 aliphatic heterocycles. The summed E-state index contributed by atoms with van der Waals surface area (Å²) in [7, 11) is 0. The number of hydrogen-bond acceptors (Lipinski definition) is 1. The molecule has 123 valence electrons. The van der Waals surface area contributed by atoms with E-state index in [9.17, 15) is 13.6 Å². The zero-order valence-corrected chi connectivity index (χ0v) is 13.6. The van der Waals surface area contributed by atoms with Crippen molar-refractivity contribution in [2.24, 2.45) is 0 Å². The van der Waals surface area contributed by atoms with Gasteiger partial charge in [0.2, 0.25) is 5.91 Å². The van der Waals surface area contributed by atoms with Crippen LogP contribution in [-0.4, -0.2) is 5.91 Å². The fourth-order valence-electron chi connectivity index (χ4n) is 3.39. The van der Waals surface area contributed by atoms with E-state index in [2.05, 4.69) is 11.4 Å². The third-order valence-electron chi connectivity index (χ3n) is 4.51. The number of carbonyl (C=O) groups excluding carboxylic acids is 1. The molecule has 0 bridgehead atoms. The highest BCUT2D eigenvalue weighted by molar-refractivity contribution is 6.30. The highest BCUT2D eigenvalue weighted by Gasteiger charge is 2.50. The van der Waals surface area contributed by atoms with E-state index >= 15 is 0 Å². The number of carbonyl (C=O) groups is 1. The third-order valence-corrected chi connectivity index (χ3v) is 4.76. The fraction of sp³-hybridized carbons (Fsp3) is 0.0500. The van der Waals surface area contributed by atoms with Gasteiger partial charge >= 0.3 is 0 Å². The molecular weight excluding hydrogens is 344 g/mol. The van der Waals surface area contributed by atoms with Gasteiger partial charge in [0.05, 0.1) is 5.69 Å². The second-order valence-electron chi connectivity index (χ2n) is 5.78. The molecule has 1 atom stereocenters. The third kappa shape index (κ3) is 2.18. The summed E-state index contributed by atoms with van der Waals surface area (Å²) in [5.41, 5.74) is 0.197. The van der Waals surface area contributed by atoms with Crippen molar-refractivity contribution in [2.45, 2.75) is 5.41 Å². The average molecular weight is 355 g/mol. The van der Waals surface area contributed by atoms with E-state index in [1.165, 1.54) is 6.07 Å². The minimum Gasteiger partial charge on any atom is -0.322 e. The Balaban J connectivity index is 2.09. The predicted molar refractivity (Wildman–Crippen MR) is 91.6 cm³/mol. The van der Waals surface area contributed by atoms with Crippen molar-refractivity contribution < 1.29 is 13.6 Å². The van der Waals surface area contributed by atoms with Gasteiger partial charge in [-0.05, 0) is 35.4 Å². The number of fused-ring (bicyclic) bond motifs is 1. The second kappa shape index (κ2) is 5.67. The van der Waals surface area contributed by atoms with Crippen LogP contribution in [0.3, 0.4) is 0 Å². The fourth-order valence-corrected chi connectivity index (χ4v) is 3.52. The van der Waals surface area contributed by atoms with E-state index in [1.807, 2.05) is 0 Å². The maximum Gasteiger partial charge on any atom is 0.244 e. The van der Waals surface area contributed by atoms with Gasteiger partial charge in [-0.25, -0.2) is 8.78 Å². The first-order chi connectivity index (χ1) is 12.0. The van der Waals surface area contributed by atoms with Crippen LogP contribution in [0, 0.1) is 17.7 Å². The monoisotopic (exact) mass is 354 g/mol. The Labute approximate surface area is 148 Å². The van der Waals surface area contributed by atoms with E-state index in [0.29, 0.717) is 21.7 Å². The van der Waals surface area contributed by atoms with Crippen LogP contribution in [0.1, 0.15) is 16.7 Å². The molecule has 1 N–H and O–H groups in total. The van der Waals surface area contributed by atoms with Crippen LogP contribution >= 0.6 is 11.6 Å². The largest absolute Gasteiger partial charge is 0.322 e. The van der Waals surface area contributed by atoms with E-state index in [0.717, 1.165) is 6.07 Å². The molecule has 3 aromatic carbocycles. The zero-order valence-electron chi connectivity index (χ0n) is 12.8. The van der Waals surface area contributed by atoms with E-state index in [1.54, 1.807) is 48.5 Å². The van der Waals surface area contributed by atoms with Crippen molar-refractivity contribution in [3.63, 3.8) is 0 Å². The summed E-state index contributed by atoms with van der Waals surface area (Å²) < 4.78 is 28.0. The van der Waals surface area contributed by atoms with Crippen LogP contribution in [0.25, 0.3) is 0 Å². The number of hydrogen-bond donors (Lipinski definition) is 1. The molecule has 0 fully saturated rings. The maximum atomic E-state index is 14.3. The summed E-state index contributed by atoms with van der Waals surface area (Å²) in [6.45, 7) is 0. The molecule has 1 amide bonds. The average Bonchev–Trinajstić information content (AvgIpc) is 2.93. The molecule has 4 rings (SSSR count). The Morgan fingerprint density at radius 1 is 0.920 bits per heavy atom. The number of amides is 1. The lowest BCUT2D eigenvalue weighted by Crippen LogP contribution is -2.36. The first-order valence-corrected chi connectivity index (χ1v) is 7.95. The Hall–Kier alpha value is -2.72. The molecule has 3 aromatic rings. The van der Waals surface area contributed by atoms with Crippen LogP contribution < -0.4 is 5.32 Å². The normalized spacial score (nSPS) is 18.8. The number of halogens is 3. The minimum absolute atomic E-state index is 0.132. The number of benzene rings is 3. The van der Waals surface area contributed by atoms with Crippen LogP contribution in [0.2, 0.25) is 5.02 Å². The molecule has 1 heterocycles. The molecule has 0 aromatic heterocycles. The summed E-state index contributed by atoms with van der Waals surface area (Å²) in [5, 5.41) is 3.03. The molecule has 0 saturated heterocycles. The van der Waals surface area contributed by atoms with Crippen LogP contribution in [0.4, 0.5) is 14.5 Å². The zero-order chi connectivity index (χ0) is 17.6. The van der Waals surface area contributed by atoms with E-state index in [-0.39, 0.29) is 5.69 Å². The topological polar surface area (TPSA) is 29.1 Å². The smallest absolute Gasteiger partial charge is 0.244 e. The van der Waals surface area contributed by atoms with Crippen molar-refractivity contribution in [3.05, 3.63) is 100 Å². The van der Waals surface area contributed by atoms with Crippen molar-refractivity contribution in [1.82, 2.24) is 0 Å². The molecule has 2 nitrogen and oxygen atoms in total. The van der Waals surface area contributed by atoms with Crippen LogP contribution in [0.5, 0.6) is 0 Å². The SMILES string of the molecule is O=C1Nc2c(ccc(F)c2F)C1(c1cc[c]cc1)c1ccc(Cl)cc1. The van der Waals surface area contributed by atoms with Crippen molar-refractivity contribution in [2.75, 3.05) is 5.32 Å². The Morgan fingerprint density at radius 2 is 1.56 bits per heavy atom. The van der Waals surface area contributed by atoms with Gasteiger partial charge in [0.25, 0.3) is 0 Å². The lowest BCUT2D eigenvalue weighted by atomic mass is 9.70. The summed E-state index contributed by atoms with van der Waals surface area (Å²) in [5.74, 6) is -2.52. The molecule has 1 radical (unpaired) electrons. The van der Waals surface area contributed by atoms with Gasteiger partial charge in [0, 0.05) is 10.6 Å². The Kier molecular flexibility index (Phi) is 3.58. The number of rotatable bonds is 2. The maximum absolute atomic E-state index is 14.3.